The summed E-state index contributed by atoms with van der Waals surface area (Å²) in [6.07, 6.45) is 8.66. The number of ether oxygens (including phenoxy) is 1. The van der Waals surface area contributed by atoms with Crippen LogP contribution in [-0.2, 0) is 4.74 Å². The van der Waals surface area contributed by atoms with E-state index < -0.39 is 6.23 Å². The Morgan fingerprint density at radius 2 is 2.11 bits per heavy atom. The van der Waals surface area contributed by atoms with Gasteiger partial charge in [0.25, 0.3) is 0 Å². The van der Waals surface area contributed by atoms with E-state index in [1.54, 1.807) is 14.0 Å². The Hall–Kier alpha value is -1.70. The average Bonchev–Trinajstić information content (AvgIpc) is 2.68. The second-order valence-electron chi connectivity index (χ2n) is 8.15. The first-order chi connectivity index (χ1) is 13.5. The number of piperidine rings is 1. The zero-order valence-corrected chi connectivity index (χ0v) is 17.4. The first-order valence-electron chi connectivity index (χ1n) is 10.5. The summed E-state index contributed by atoms with van der Waals surface area (Å²) >= 11 is 0. The lowest BCUT2D eigenvalue weighted by Gasteiger charge is -2.41. The molecule has 2 unspecified atom stereocenters. The fraction of sp³-hybridized carbons (Fsp3) is 0.714. The molecule has 1 aromatic heterocycles. The molecule has 3 rings (SSSR count). The molecule has 2 heterocycles. The van der Waals surface area contributed by atoms with Gasteiger partial charge in [-0.1, -0.05) is 19.3 Å². The molecule has 7 heteroatoms. The maximum atomic E-state index is 9.60. The van der Waals surface area contributed by atoms with Crippen molar-refractivity contribution in [1.29, 1.82) is 0 Å². The quantitative estimate of drug-likeness (QED) is 0.508. The minimum atomic E-state index is -0.842. The molecular formula is C21H35N5O2. The van der Waals surface area contributed by atoms with Crippen molar-refractivity contribution in [3.05, 3.63) is 23.4 Å². The molecule has 4 N–H and O–H groups in total. The van der Waals surface area contributed by atoms with E-state index in [0.29, 0.717) is 17.9 Å². The topological polar surface area (TPSA) is 96.0 Å². The molecule has 1 aromatic rings. The van der Waals surface area contributed by atoms with Crippen molar-refractivity contribution >= 4 is 11.7 Å². The third kappa shape index (κ3) is 5.21. The summed E-state index contributed by atoms with van der Waals surface area (Å²) in [4.78, 5) is 11.0. The standard InChI is InChI=1S/C21H35N5O2/c1-14-11-17(20(22)24-15(2)27)21(23-12-14)26-10-9-18(19(13-26)28-3)25-16-7-5-4-6-8-16/h11-12,15-16,18-19,25,27H,4-10,13H2,1-3H3,(H2,22,24)/t15?,18?,19-/m0/s1. The van der Waals surface area contributed by atoms with Gasteiger partial charge in [0, 0.05) is 38.5 Å². The Bertz CT molecular complexity index is 673. The van der Waals surface area contributed by atoms with Crippen molar-refractivity contribution in [3.63, 3.8) is 0 Å². The molecule has 0 spiro atoms. The molecule has 1 aliphatic heterocycles. The van der Waals surface area contributed by atoms with Crippen LogP contribution in [0, 0.1) is 6.92 Å². The number of anilines is 1. The molecule has 1 aliphatic carbocycles. The normalized spacial score (nSPS) is 25.7. The van der Waals surface area contributed by atoms with E-state index in [9.17, 15) is 5.11 Å². The van der Waals surface area contributed by atoms with Crippen molar-refractivity contribution in [3.8, 4) is 0 Å². The zero-order valence-electron chi connectivity index (χ0n) is 17.4. The number of hydrogen-bond acceptors (Lipinski definition) is 6. The van der Waals surface area contributed by atoms with Crippen LogP contribution >= 0.6 is 0 Å². The van der Waals surface area contributed by atoms with Crippen molar-refractivity contribution in [2.24, 2.45) is 10.7 Å². The van der Waals surface area contributed by atoms with Crippen LogP contribution in [0.3, 0.4) is 0 Å². The summed E-state index contributed by atoms with van der Waals surface area (Å²) < 4.78 is 5.85. The van der Waals surface area contributed by atoms with Gasteiger partial charge in [0.05, 0.1) is 11.7 Å². The van der Waals surface area contributed by atoms with E-state index in [0.717, 1.165) is 36.5 Å². The molecule has 0 bridgehead atoms. The molecule has 0 amide bonds. The van der Waals surface area contributed by atoms with Crippen LogP contribution < -0.4 is 16.0 Å². The number of rotatable bonds is 6. The molecule has 1 saturated heterocycles. The van der Waals surface area contributed by atoms with Crippen LogP contribution in [0.1, 0.15) is 56.6 Å². The largest absolute Gasteiger partial charge is 0.383 e. The first kappa shape index (κ1) is 21.0. The molecule has 28 heavy (non-hydrogen) atoms. The third-order valence-corrected chi connectivity index (χ3v) is 5.82. The average molecular weight is 390 g/mol. The molecule has 7 nitrogen and oxygen atoms in total. The number of aryl methyl sites for hydroxylation is 1. The summed E-state index contributed by atoms with van der Waals surface area (Å²) in [5.74, 6) is 1.13. The number of methoxy groups -OCH3 is 1. The Morgan fingerprint density at radius 3 is 2.79 bits per heavy atom. The number of aliphatic hydroxyl groups is 1. The molecule has 1 saturated carbocycles. The van der Waals surface area contributed by atoms with Crippen LogP contribution in [-0.4, -0.2) is 60.5 Å². The van der Waals surface area contributed by atoms with Crippen molar-refractivity contribution < 1.29 is 9.84 Å². The maximum Gasteiger partial charge on any atom is 0.144 e. The Balaban J connectivity index is 1.75. The zero-order chi connectivity index (χ0) is 20.1. The molecule has 0 aromatic carbocycles. The predicted octanol–water partition coefficient (Wildman–Crippen LogP) is 1.95. The number of hydrogen-bond donors (Lipinski definition) is 3. The number of nitrogens with two attached hydrogens (primary N) is 1. The van der Waals surface area contributed by atoms with Crippen LogP contribution in [0.2, 0.25) is 0 Å². The van der Waals surface area contributed by atoms with E-state index in [4.69, 9.17) is 10.5 Å². The minimum absolute atomic E-state index is 0.0987. The smallest absolute Gasteiger partial charge is 0.144 e. The number of amidine groups is 1. The molecule has 3 atom stereocenters. The van der Waals surface area contributed by atoms with Gasteiger partial charge in [0.1, 0.15) is 17.9 Å². The fourth-order valence-corrected chi connectivity index (χ4v) is 4.38. The van der Waals surface area contributed by atoms with Crippen LogP contribution in [0.15, 0.2) is 17.3 Å². The Kier molecular flexibility index (Phi) is 7.26. The van der Waals surface area contributed by atoms with Gasteiger partial charge < -0.3 is 25.8 Å². The SMILES string of the molecule is CO[C@H]1CN(c2ncc(C)cc2/C(N)=N/C(C)O)CCC1NC1CCCCC1. The van der Waals surface area contributed by atoms with E-state index in [1.165, 1.54) is 32.1 Å². The first-order valence-corrected chi connectivity index (χ1v) is 10.5. The molecule has 2 aliphatic rings. The number of nitrogens with zero attached hydrogens (tertiary/aromatic N) is 3. The van der Waals surface area contributed by atoms with Crippen LogP contribution in [0.5, 0.6) is 0 Å². The highest BCUT2D eigenvalue weighted by molar-refractivity contribution is 6.02. The summed E-state index contributed by atoms with van der Waals surface area (Å²) in [5.41, 5.74) is 7.96. The van der Waals surface area contributed by atoms with Gasteiger partial charge in [0.15, 0.2) is 0 Å². The van der Waals surface area contributed by atoms with Gasteiger partial charge in [0.2, 0.25) is 0 Å². The Morgan fingerprint density at radius 1 is 1.36 bits per heavy atom. The molecule has 156 valence electrons. The predicted molar refractivity (Wildman–Crippen MR) is 113 cm³/mol. The van der Waals surface area contributed by atoms with E-state index in [2.05, 4.69) is 20.2 Å². The van der Waals surface area contributed by atoms with Crippen molar-refractivity contribution in [2.75, 3.05) is 25.1 Å². The fourth-order valence-electron chi connectivity index (χ4n) is 4.38. The summed E-state index contributed by atoms with van der Waals surface area (Å²) in [5, 5.41) is 13.4. The number of aliphatic imine (C=N–C) groups is 1. The van der Waals surface area contributed by atoms with E-state index in [1.807, 2.05) is 19.2 Å². The van der Waals surface area contributed by atoms with Crippen molar-refractivity contribution in [2.45, 2.75) is 76.8 Å². The highest BCUT2D eigenvalue weighted by Gasteiger charge is 2.32. The second kappa shape index (κ2) is 9.67. The van der Waals surface area contributed by atoms with Gasteiger partial charge in [-0.2, -0.15) is 0 Å². The monoisotopic (exact) mass is 389 g/mol. The summed E-state index contributed by atoms with van der Waals surface area (Å²) in [6.45, 7) is 5.22. The molecule has 0 radical (unpaired) electrons. The maximum absolute atomic E-state index is 9.60. The lowest BCUT2D eigenvalue weighted by Crippen LogP contribution is -2.56. The highest BCUT2D eigenvalue weighted by Crippen LogP contribution is 2.26. The molecule has 2 fully saturated rings. The van der Waals surface area contributed by atoms with Gasteiger partial charge in [-0.05, 0) is 44.7 Å². The second-order valence-corrected chi connectivity index (χ2v) is 8.15. The number of nitrogens with one attached hydrogen (secondary N) is 1. The number of pyridine rings is 1. The summed E-state index contributed by atoms with van der Waals surface area (Å²) in [6, 6.07) is 2.96. The summed E-state index contributed by atoms with van der Waals surface area (Å²) in [7, 11) is 1.79. The Labute approximate surface area is 168 Å². The lowest BCUT2D eigenvalue weighted by molar-refractivity contribution is 0.0534. The number of aromatic nitrogens is 1. The molecular weight excluding hydrogens is 354 g/mol. The minimum Gasteiger partial charge on any atom is -0.383 e. The van der Waals surface area contributed by atoms with Gasteiger partial charge in [-0.25, -0.2) is 9.98 Å². The van der Waals surface area contributed by atoms with Crippen molar-refractivity contribution in [1.82, 2.24) is 10.3 Å². The third-order valence-electron chi connectivity index (χ3n) is 5.82. The highest BCUT2D eigenvalue weighted by atomic mass is 16.5. The van der Waals surface area contributed by atoms with E-state index >= 15 is 0 Å². The van der Waals surface area contributed by atoms with Crippen LogP contribution in [0.4, 0.5) is 5.82 Å². The van der Waals surface area contributed by atoms with Gasteiger partial charge in [-0.3, -0.25) is 0 Å². The van der Waals surface area contributed by atoms with Crippen LogP contribution in [0.25, 0.3) is 0 Å². The van der Waals surface area contributed by atoms with Gasteiger partial charge >= 0.3 is 0 Å². The van der Waals surface area contributed by atoms with Gasteiger partial charge in [-0.15, -0.1) is 0 Å². The lowest BCUT2D eigenvalue weighted by atomic mass is 9.92. The number of aliphatic hydroxyl groups excluding tert-OH is 1. The van der Waals surface area contributed by atoms with E-state index in [-0.39, 0.29) is 6.10 Å².